The van der Waals surface area contributed by atoms with Gasteiger partial charge in [0, 0.05) is 18.5 Å². The predicted octanol–water partition coefficient (Wildman–Crippen LogP) is 4.10. The van der Waals surface area contributed by atoms with Gasteiger partial charge in [0.1, 0.15) is 18.1 Å². The molecule has 6 nitrogen and oxygen atoms in total. The van der Waals surface area contributed by atoms with Crippen LogP contribution in [-0.4, -0.2) is 42.2 Å². The van der Waals surface area contributed by atoms with Gasteiger partial charge in [0.2, 0.25) is 5.89 Å². The quantitative estimate of drug-likeness (QED) is 0.525. The molecule has 0 saturated carbocycles. The number of nitrogens with zero attached hydrogens (tertiary/aromatic N) is 2. The van der Waals surface area contributed by atoms with Crippen LogP contribution >= 0.6 is 0 Å². The Morgan fingerprint density at radius 1 is 1.17 bits per heavy atom. The summed E-state index contributed by atoms with van der Waals surface area (Å²) in [6.07, 6.45) is 4.24. The minimum absolute atomic E-state index is 0.130. The van der Waals surface area contributed by atoms with E-state index in [9.17, 15) is 4.79 Å². The number of ether oxygens (including phenoxy) is 2. The summed E-state index contributed by atoms with van der Waals surface area (Å²) in [5, 5.41) is 0. The smallest absolute Gasteiger partial charge is 0.323 e. The number of oxazole rings is 1. The Labute approximate surface area is 176 Å². The van der Waals surface area contributed by atoms with Crippen molar-refractivity contribution in [1.82, 2.24) is 9.88 Å². The molecule has 1 unspecified atom stereocenters. The molecule has 2 aromatic carbocycles. The molecule has 4 rings (SSSR count). The number of hydrogen-bond donors (Lipinski definition) is 0. The van der Waals surface area contributed by atoms with Crippen LogP contribution in [-0.2, 0) is 22.5 Å². The number of carbonyl (C=O) groups excluding carboxylic acids is 1. The molecule has 3 aromatic rings. The molecule has 1 aromatic heterocycles. The number of benzene rings is 2. The average molecular weight is 406 g/mol. The monoisotopic (exact) mass is 406 g/mol. The topological polar surface area (TPSA) is 64.8 Å². The van der Waals surface area contributed by atoms with Gasteiger partial charge in [-0.25, -0.2) is 4.98 Å². The van der Waals surface area contributed by atoms with E-state index in [2.05, 4.69) is 9.88 Å². The summed E-state index contributed by atoms with van der Waals surface area (Å²) in [6, 6.07) is 17.7. The zero-order chi connectivity index (χ0) is 20.8. The van der Waals surface area contributed by atoms with Crippen LogP contribution < -0.4 is 4.74 Å². The van der Waals surface area contributed by atoms with Crippen molar-refractivity contribution < 1.29 is 18.7 Å². The van der Waals surface area contributed by atoms with Crippen LogP contribution in [0.4, 0.5) is 0 Å². The lowest BCUT2D eigenvalue weighted by atomic mass is 10.2. The second-order valence-corrected chi connectivity index (χ2v) is 7.40. The van der Waals surface area contributed by atoms with E-state index in [0.29, 0.717) is 18.9 Å². The summed E-state index contributed by atoms with van der Waals surface area (Å²) in [6.45, 7) is 2.18. The Morgan fingerprint density at radius 2 is 1.97 bits per heavy atom. The Kier molecular flexibility index (Phi) is 6.44. The molecule has 1 atom stereocenters. The first-order valence-corrected chi connectivity index (χ1v) is 10.3. The molecule has 30 heavy (non-hydrogen) atoms. The van der Waals surface area contributed by atoms with Crippen LogP contribution in [0.1, 0.15) is 24.1 Å². The van der Waals surface area contributed by atoms with Crippen molar-refractivity contribution in [2.45, 2.75) is 31.8 Å². The second-order valence-electron chi connectivity index (χ2n) is 7.40. The Hall–Kier alpha value is -3.12. The van der Waals surface area contributed by atoms with Crippen molar-refractivity contribution in [3.63, 3.8) is 0 Å². The van der Waals surface area contributed by atoms with Crippen molar-refractivity contribution in [2.75, 3.05) is 20.3 Å². The molecule has 6 heteroatoms. The summed E-state index contributed by atoms with van der Waals surface area (Å²) in [7, 11) is 1.45. The number of aromatic nitrogens is 1. The highest BCUT2D eigenvalue weighted by Gasteiger charge is 2.31. The van der Waals surface area contributed by atoms with Crippen molar-refractivity contribution in [2.24, 2.45) is 0 Å². The Balaban J connectivity index is 1.26. The molecule has 1 aliphatic rings. The van der Waals surface area contributed by atoms with E-state index in [1.54, 1.807) is 6.26 Å². The van der Waals surface area contributed by atoms with E-state index in [1.165, 1.54) is 7.11 Å². The van der Waals surface area contributed by atoms with Crippen LogP contribution in [0, 0.1) is 0 Å². The van der Waals surface area contributed by atoms with Crippen molar-refractivity contribution >= 4 is 5.97 Å². The minimum Gasteiger partial charge on any atom is -0.493 e. The molecule has 0 N–H and O–H groups in total. The molecule has 156 valence electrons. The Morgan fingerprint density at radius 3 is 2.73 bits per heavy atom. The van der Waals surface area contributed by atoms with E-state index in [4.69, 9.17) is 13.9 Å². The fraction of sp³-hybridized carbons (Fsp3) is 0.333. The van der Waals surface area contributed by atoms with Crippen LogP contribution in [0.5, 0.6) is 5.75 Å². The van der Waals surface area contributed by atoms with Crippen LogP contribution in [0.15, 0.2) is 65.3 Å². The molecule has 2 heterocycles. The van der Waals surface area contributed by atoms with Gasteiger partial charge in [-0.3, -0.25) is 9.69 Å². The molecular weight excluding hydrogens is 380 g/mol. The maximum absolute atomic E-state index is 11.9. The van der Waals surface area contributed by atoms with Crippen LogP contribution in [0.25, 0.3) is 11.5 Å². The lowest BCUT2D eigenvalue weighted by Crippen LogP contribution is -2.36. The van der Waals surface area contributed by atoms with Gasteiger partial charge in [-0.2, -0.15) is 0 Å². The molecule has 1 saturated heterocycles. The molecule has 1 fully saturated rings. The van der Waals surface area contributed by atoms with Gasteiger partial charge >= 0.3 is 5.97 Å². The highest BCUT2D eigenvalue weighted by atomic mass is 16.5. The third-order valence-corrected chi connectivity index (χ3v) is 5.35. The molecule has 0 radical (unpaired) electrons. The summed E-state index contributed by atoms with van der Waals surface area (Å²) >= 11 is 0. The summed E-state index contributed by atoms with van der Waals surface area (Å²) in [4.78, 5) is 18.6. The normalized spacial score (nSPS) is 16.5. The number of hydrogen-bond acceptors (Lipinski definition) is 6. The molecule has 1 aliphatic heterocycles. The number of carbonyl (C=O) groups is 1. The molecule has 0 amide bonds. The maximum Gasteiger partial charge on any atom is 0.323 e. The summed E-state index contributed by atoms with van der Waals surface area (Å²) in [5.74, 6) is 1.30. The summed E-state index contributed by atoms with van der Waals surface area (Å²) < 4.78 is 16.3. The van der Waals surface area contributed by atoms with Crippen LogP contribution in [0.2, 0.25) is 0 Å². The maximum atomic E-state index is 11.9. The van der Waals surface area contributed by atoms with Gasteiger partial charge in [0.15, 0.2) is 0 Å². The van der Waals surface area contributed by atoms with E-state index in [0.717, 1.165) is 48.5 Å². The third-order valence-electron chi connectivity index (χ3n) is 5.35. The van der Waals surface area contributed by atoms with Gasteiger partial charge in [-0.05, 0) is 49.2 Å². The van der Waals surface area contributed by atoms with E-state index < -0.39 is 0 Å². The van der Waals surface area contributed by atoms with Gasteiger partial charge < -0.3 is 13.9 Å². The van der Waals surface area contributed by atoms with E-state index in [-0.39, 0.29) is 12.0 Å². The molecule has 0 spiro atoms. The highest BCUT2D eigenvalue weighted by molar-refractivity contribution is 5.76. The van der Waals surface area contributed by atoms with Crippen molar-refractivity contribution in [1.29, 1.82) is 0 Å². The lowest BCUT2D eigenvalue weighted by Gasteiger charge is -2.22. The largest absolute Gasteiger partial charge is 0.493 e. The Bertz CT molecular complexity index is 953. The van der Waals surface area contributed by atoms with Gasteiger partial charge in [-0.15, -0.1) is 0 Å². The third kappa shape index (κ3) is 4.89. The SMILES string of the molecule is COC(=O)C1CCCN1Cc1ccc(OCCc2coc(-c3ccccc3)n2)cc1. The second kappa shape index (κ2) is 9.59. The first-order chi connectivity index (χ1) is 14.7. The van der Waals surface area contributed by atoms with Gasteiger partial charge in [0.25, 0.3) is 0 Å². The minimum atomic E-state index is -0.143. The number of methoxy groups -OCH3 is 1. The van der Waals surface area contributed by atoms with E-state index >= 15 is 0 Å². The predicted molar refractivity (Wildman–Crippen MR) is 113 cm³/mol. The fourth-order valence-corrected chi connectivity index (χ4v) is 3.75. The zero-order valence-electron chi connectivity index (χ0n) is 17.1. The highest BCUT2D eigenvalue weighted by Crippen LogP contribution is 2.22. The summed E-state index contributed by atoms with van der Waals surface area (Å²) in [5.41, 5.74) is 2.99. The van der Waals surface area contributed by atoms with Crippen LogP contribution in [0.3, 0.4) is 0 Å². The standard InChI is InChI=1S/C24H26N2O4/c1-28-24(27)22-8-5-14-26(22)16-18-9-11-21(12-10-18)29-15-13-20-17-30-23(25-20)19-6-3-2-4-7-19/h2-4,6-7,9-12,17,22H,5,8,13-16H2,1H3. The number of esters is 1. The first kappa shape index (κ1) is 20.2. The van der Waals surface area contributed by atoms with Crippen molar-refractivity contribution in [3.05, 3.63) is 72.1 Å². The number of likely N-dealkylation sites (tertiary alicyclic amines) is 1. The number of rotatable bonds is 8. The van der Waals surface area contributed by atoms with Crippen molar-refractivity contribution in [3.8, 4) is 17.2 Å². The first-order valence-electron chi connectivity index (χ1n) is 10.3. The van der Waals surface area contributed by atoms with Gasteiger partial charge in [0.05, 0.1) is 19.4 Å². The van der Waals surface area contributed by atoms with E-state index in [1.807, 2.05) is 54.6 Å². The molecule has 0 aliphatic carbocycles. The lowest BCUT2D eigenvalue weighted by molar-refractivity contribution is -0.146. The fourth-order valence-electron chi connectivity index (χ4n) is 3.75. The molecule has 0 bridgehead atoms. The van der Waals surface area contributed by atoms with Gasteiger partial charge in [-0.1, -0.05) is 30.3 Å². The molecular formula is C24H26N2O4. The average Bonchev–Trinajstić information content (AvgIpc) is 3.45. The zero-order valence-corrected chi connectivity index (χ0v) is 17.1.